The van der Waals surface area contributed by atoms with E-state index in [-0.39, 0.29) is 6.10 Å². The Morgan fingerprint density at radius 1 is 1.44 bits per heavy atom. The second-order valence-corrected chi connectivity index (χ2v) is 5.76. The van der Waals surface area contributed by atoms with Crippen molar-refractivity contribution in [2.75, 3.05) is 0 Å². The lowest BCUT2D eigenvalue weighted by Crippen LogP contribution is -2.38. The van der Waals surface area contributed by atoms with Crippen LogP contribution in [0.15, 0.2) is 22.8 Å². The maximum Gasteiger partial charge on any atom is 0.310 e. The zero-order valence-corrected chi connectivity index (χ0v) is 11.6. The van der Waals surface area contributed by atoms with Crippen molar-refractivity contribution in [1.82, 2.24) is 4.98 Å². The molecule has 2 rings (SSSR count). The van der Waals surface area contributed by atoms with E-state index in [1.54, 1.807) is 0 Å². The van der Waals surface area contributed by atoms with Crippen molar-refractivity contribution < 1.29 is 15.0 Å². The van der Waals surface area contributed by atoms with Gasteiger partial charge in [0.25, 0.3) is 0 Å². The molecule has 18 heavy (non-hydrogen) atoms. The number of aliphatic hydroxyl groups excluding tert-OH is 1. The molecule has 1 aliphatic carbocycles. The molecule has 4 nitrogen and oxygen atoms in total. The summed E-state index contributed by atoms with van der Waals surface area (Å²) in [6.45, 7) is 0. The topological polar surface area (TPSA) is 70.4 Å². The molecule has 0 amide bonds. The molecular weight excluding hydrogens is 298 g/mol. The first-order chi connectivity index (χ1) is 8.52. The van der Waals surface area contributed by atoms with Gasteiger partial charge < -0.3 is 10.2 Å². The normalized spacial score (nSPS) is 28.0. The number of carboxylic acids is 1. The number of nitrogens with zero attached hydrogens (tertiary/aromatic N) is 1. The van der Waals surface area contributed by atoms with E-state index in [1.165, 1.54) is 0 Å². The molecule has 1 aliphatic rings. The van der Waals surface area contributed by atoms with Crippen molar-refractivity contribution >= 4 is 21.9 Å². The second-order valence-electron chi connectivity index (χ2n) is 4.95. The fourth-order valence-corrected chi connectivity index (χ4v) is 2.90. The highest BCUT2D eigenvalue weighted by Gasteiger charge is 2.42. The van der Waals surface area contributed by atoms with E-state index in [9.17, 15) is 15.0 Å². The lowest BCUT2D eigenvalue weighted by atomic mass is 9.70. The molecule has 0 radical (unpaired) electrons. The molecular formula is C13H16BrNO3. The molecule has 2 N–H and O–H groups in total. The Hall–Kier alpha value is -0.940. The van der Waals surface area contributed by atoms with E-state index >= 15 is 0 Å². The van der Waals surface area contributed by atoms with Gasteiger partial charge in [-0.05, 0) is 53.7 Å². The summed E-state index contributed by atoms with van der Waals surface area (Å²) >= 11 is 3.29. The average molecular weight is 314 g/mol. The van der Waals surface area contributed by atoms with Crippen LogP contribution in [0.5, 0.6) is 0 Å². The monoisotopic (exact) mass is 313 g/mol. The number of halogens is 1. The Morgan fingerprint density at radius 2 is 2.11 bits per heavy atom. The largest absolute Gasteiger partial charge is 0.481 e. The number of aliphatic carboxylic acids is 1. The van der Waals surface area contributed by atoms with Crippen molar-refractivity contribution in [1.29, 1.82) is 0 Å². The number of carboxylic acid groups (broad SMARTS) is 1. The minimum Gasteiger partial charge on any atom is -0.481 e. The van der Waals surface area contributed by atoms with Crippen LogP contribution in [0, 0.1) is 5.41 Å². The molecule has 1 saturated carbocycles. The van der Waals surface area contributed by atoms with Gasteiger partial charge in [0.15, 0.2) is 0 Å². The van der Waals surface area contributed by atoms with E-state index in [0.717, 1.165) is 10.3 Å². The third-order valence-corrected chi connectivity index (χ3v) is 4.10. The highest BCUT2D eigenvalue weighted by Crippen LogP contribution is 2.39. The molecule has 0 unspecified atom stereocenters. The number of pyridine rings is 1. The number of aliphatic hydroxyl groups is 1. The summed E-state index contributed by atoms with van der Waals surface area (Å²) < 4.78 is 0.719. The van der Waals surface area contributed by atoms with E-state index in [1.807, 2.05) is 18.2 Å². The van der Waals surface area contributed by atoms with Crippen LogP contribution in [-0.2, 0) is 11.2 Å². The Balaban J connectivity index is 2.19. The smallest absolute Gasteiger partial charge is 0.310 e. The van der Waals surface area contributed by atoms with E-state index in [4.69, 9.17) is 0 Å². The van der Waals surface area contributed by atoms with Gasteiger partial charge >= 0.3 is 5.97 Å². The molecule has 1 aromatic heterocycles. The van der Waals surface area contributed by atoms with Crippen molar-refractivity contribution in [2.24, 2.45) is 5.41 Å². The second kappa shape index (κ2) is 5.36. The van der Waals surface area contributed by atoms with Crippen molar-refractivity contribution in [3.8, 4) is 0 Å². The minimum atomic E-state index is -0.781. The highest BCUT2D eigenvalue weighted by molar-refractivity contribution is 9.10. The van der Waals surface area contributed by atoms with Crippen LogP contribution < -0.4 is 0 Å². The molecule has 0 bridgehead atoms. The van der Waals surface area contributed by atoms with Crippen molar-refractivity contribution in [3.63, 3.8) is 0 Å². The molecule has 98 valence electrons. The lowest BCUT2D eigenvalue weighted by molar-refractivity contribution is -0.152. The highest BCUT2D eigenvalue weighted by atomic mass is 79.9. The Morgan fingerprint density at radius 3 is 2.67 bits per heavy atom. The Kier molecular flexibility index (Phi) is 4.02. The summed E-state index contributed by atoms with van der Waals surface area (Å²) in [7, 11) is 0. The van der Waals surface area contributed by atoms with Crippen LogP contribution in [0.1, 0.15) is 31.4 Å². The third-order valence-electron chi connectivity index (χ3n) is 3.66. The third kappa shape index (κ3) is 2.90. The fourth-order valence-electron chi connectivity index (χ4n) is 2.52. The van der Waals surface area contributed by atoms with Gasteiger partial charge in [0.05, 0.1) is 11.5 Å². The molecule has 0 aliphatic heterocycles. The predicted octanol–water partition coefficient (Wildman–Crippen LogP) is 2.39. The summed E-state index contributed by atoms with van der Waals surface area (Å²) in [6.07, 6.45) is 2.21. The molecule has 0 atom stereocenters. The Bertz CT molecular complexity index is 442. The Labute approximate surface area is 114 Å². The van der Waals surface area contributed by atoms with Crippen LogP contribution in [-0.4, -0.2) is 27.3 Å². The van der Waals surface area contributed by atoms with Crippen LogP contribution in [0.3, 0.4) is 0 Å². The summed E-state index contributed by atoms with van der Waals surface area (Å²) in [5.74, 6) is -0.781. The molecule has 0 spiro atoms. The first-order valence-electron chi connectivity index (χ1n) is 6.05. The van der Waals surface area contributed by atoms with E-state index < -0.39 is 11.4 Å². The average Bonchev–Trinajstić information content (AvgIpc) is 2.32. The first kappa shape index (κ1) is 13.5. The lowest BCUT2D eigenvalue weighted by Gasteiger charge is -2.35. The van der Waals surface area contributed by atoms with Crippen LogP contribution in [0.2, 0.25) is 0 Å². The molecule has 1 fully saturated rings. The van der Waals surface area contributed by atoms with Gasteiger partial charge in [-0.3, -0.25) is 4.79 Å². The summed E-state index contributed by atoms with van der Waals surface area (Å²) in [5, 5.41) is 19.0. The molecule has 0 aromatic carbocycles. The summed E-state index contributed by atoms with van der Waals surface area (Å²) in [6, 6.07) is 5.53. The number of rotatable bonds is 3. The van der Waals surface area contributed by atoms with E-state index in [0.29, 0.717) is 32.1 Å². The fraction of sp³-hybridized carbons (Fsp3) is 0.538. The maximum atomic E-state index is 11.6. The van der Waals surface area contributed by atoms with Gasteiger partial charge in [-0.2, -0.15) is 0 Å². The first-order valence-corrected chi connectivity index (χ1v) is 6.84. The minimum absolute atomic E-state index is 0.354. The van der Waals surface area contributed by atoms with Gasteiger partial charge in [0.2, 0.25) is 0 Å². The van der Waals surface area contributed by atoms with Gasteiger partial charge in [-0.15, -0.1) is 0 Å². The molecule has 5 heteroatoms. The van der Waals surface area contributed by atoms with Crippen LogP contribution in [0.25, 0.3) is 0 Å². The molecule has 1 heterocycles. The summed E-state index contributed by atoms with van der Waals surface area (Å²) in [4.78, 5) is 15.9. The maximum absolute atomic E-state index is 11.6. The van der Waals surface area contributed by atoms with Crippen LogP contribution >= 0.6 is 15.9 Å². The molecule has 1 aromatic rings. The van der Waals surface area contributed by atoms with Gasteiger partial charge in [-0.1, -0.05) is 6.07 Å². The number of hydrogen-bond acceptors (Lipinski definition) is 3. The van der Waals surface area contributed by atoms with E-state index in [2.05, 4.69) is 20.9 Å². The molecule has 0 saturated heterocycles. The van der Waals surface area contributed by atoms with Gasteiger partial charge in [0.1, 0.15) is 4.60 Å². The van der Waals surface area contributed by atoms with Crippen molar-refractivity contribution in [2.45, 2.75) is 38.2 Å². The number of hydrogen-bond donors (Lipinski definition) is 2. The quantitative estimate of drug-likeness (QED) is 0.841. The predicted molar refractivity (Wildman–Crippen MR) is 70.2 cm³/mol. The number of carbonyl (C=O) groups is 1. The zero-order valence-electron chi connectivity index (χ0n) is 9.97. The van der Waals surface area contributed by atoms with Crippen LogP contribution in [0.4, 0.5) is 0 Å². The summed E-state index contributed by atoms with van der Waals surface area (Å²) in [5.41, 5.74) is 0.00990. The SMILES string of the molecule is O=C(O)[C@]1(Cc2cccc(Br)n2)CC[C@H](O)CC1. The standard InChI is InChI=1S/C13H16BrNO3/c14-11-3-1-2-9(15-11)8-13(12(17)18)6-4-10(16)5-7-13/h1-3,10,16H,4-8H2,(H,17,18)/t10-,13+. The van der Waals surface area contributed by atoms with Gasteiger partial charge in [0, 0.05) is 12.1 Å². The van der Waals surface area contributed by atoms with Gasteiger partial charge in [-0.25, -0.2) is 4.98 Å². The number of aromatic nitrogens is 1. The van der Waals surface area contributed by atoms with Crippen molar-refractivity contribution in [3.05, 3.63) is 28.5 Å². The zero-order chi connectivity index (χ0) is 13.2.